The molecule has 0 unspecified atom stereocenters. The molecule has 0 aromatic carbocycles. The third kappa shape index (κ3) is 3.40. The number of carbonyl (C=O) groups excluding carboxylic acids is 1. The number of imidazole rings is 1. The standard InChI is InChI=1S/C19H29N5O3S/c1-11(2)23-15-16(21(5)19(27)22(6)17(15)26)20-18(23)28-10-14(25)24-12(3)8-7-9-13(24)4/h11-13H,7-10H2,1-6H3/t12-,13-/m1/s1. The Morgan fingerprint density at radius 3 is 2.32 bits per heavy atom. The van der Waals surface area contributed by atoms with Gasteiger partial charge in [0.2, 0.25) is 5.91 Å². The van der Waals surface area contributed by atoms with Gasteiger partial charge in [-0.05, 0) is 47.0 Å². The van der Waals surface area contributed by atoms with Crippen LogP contribution in [0.3, 0.4) is 0 Å². The highest BCUT2D eigenvalue weighted by Gasteiger charge is 2.29. The van der Waals surface area contributed by atoms with Gasteiger partial charge < -0.3 is 9.47 Å². The second-order valence-electron chi connectivity index (χ2n) is 7.95. The van der Waals surface area contributed by atoms with Crippen LogP contribution in [0.25, 0.3) is 11.2 Å². The number of nitrogens with zero attached hydrogens (tertiary/aromatic N) is 5. The summed E-state index contributed by atoms with van der Waals surface area (Å²) < 4.78 is 4.31. The molecule has 9 heteroatoms. The molecule has 0 aliphatic carbocycles. The predicted molar refractivity (Wildman–Crippen MR) is 111 cm³/mol. The Labute approximate surface area is 168 Å². The summed E-state index contributed by atoms with van der Waals surface area (Å²) in [4.78, 5) is 44.4. The van der Waals surface area contributed by atoms with Gasteiger partial charge in [0.1, 0.15) is 0 Å². The number of aromatic nitrogens is 4. The predicted octanol–water partition coefficient (Wildman–Crippen LogP) is 1.90. The number of amides is 1. The Hall–Kier alpha value is -2.03. The minimum atomic E-state index is -0.408. The molecule has 1 saturated heterocycles. The molecule has 0 N–H and O–H groups in total. The van der Waals surface area contributed by atoms with Crippen LogP contribution < -0.4 is 11.2 Å². The van der Waals surface area contributed by atoms with Crippen molar-refractivity contribution in [3.05, 3.63) is 20.8 Å². The summed E-state index contributed by atoms with van der Waals surface area (Å²) in [6, 6.07) is 0.461. The first-order valence-corrected chi connectivity index (χ1v) is 10.8. The summed E-state index contributed by atoms with van der Waals surface area (Å²) in [6.07, 6.45) is 3.21. The smallest absolute Gasteiger partial charge is 0.332 e. The van der Waals surface area contributed by atoms with Crippen LogP contribution in [0, 0.1) is 0 Å². The Morgan fingerprint density at radius 2 is 1.75 bits per heavy atom. The lowest BCUT2D eigenvalue weighted by Crippen LogP contribution is -2.48. The van der Waals surface area contributed by atoms with Gasteiger partial charge in [-0.2, -0.15) is 0 Å². The minimum Gasteiger partial charge on any atom is -0.337 e. The number of fused-ring (bicyclic) bond motifs is 1. The van der Waals surface area contributed by atoms with Crippen molar-refractivity contribution in [2.75, 3.05) is 5.75 Å². The molecule has 0 bridgehead atoms. The second-order valence-corrected chi connectivity index (χ2v) is 8.90. The van der Waals surface area contributed by atoms with Crippen molar-refractivity contribution in [3.63, 3.8) is 0 Å². The Balaban J connectivity index is 1.97. The first-order chi connectivity index (χ1) is 13.1. The number of aryl methyl sites for hydroxylation is 1. The monoisotopic (exact) mass is 407 g/mol. The van der Waals surface area contributed by atoms with Crippen LogP contribution in [0.15, 0.2) is 14.7 Å². The topological polar surface area (TPSA) is 82.1 Å². The van der Waals surface area contributed by atoms with Gasteiger partial charge in [0, 0.05) is 32.2 Å². The fourth-order valence-electron chi connectivity index (χ4n) is 4.09. The van der Waals surface area contributed by atoms with Crippen LogP contribution in [-0.4, -0.2) is 47.3 Å². The lowest BCUT2D eigenvalue weighted by Gasteiger charge is -2.39. The molecule has 2 aromatic rings. The van der Waals surface area contributed by atoms with E-state index in [1.807, 2.05) is 23.3 Å². The van der Waals surface area contributed by atoms with Gasteiger partial charge in [0.05, 0.1) is 5.75 Å². The lowest BCUT2D eigenvalue weighted by molar-refractivity contribution is -0.134. The average molecular weight is 408 g/mol. The van der Waals surface area contributed by atoms with Crippen LogP contribution in [-0.2, 0) is 18.9 Å². The van der Waals surface area contributed by atoms with Crippen molar-refractivity contribution in [1.29, 1.82) is 0 Å². The number of piperidine rings is 1. The van der Waals surface area contributed by atoms with Crippen molar-refractivity contribution in [2.24, 2.45) is 14.1 Å². The van der Waals surface area contributed by atoms with Gasteiger partial charge in [-0.25, -0.2) is 9.78 Å². The van der Waals surface area contributed by atoms with E-state index in [1.54, 1.807) is 7.05 Å². The van der Waals surface area contributed by atoms with E-state index in [0.717, 1.165) is 23.8 Å². The maximum atomic E-state index is 12.9. The maximum Gasteiger partial charge on any atom is 0.332 e. The van der Waals surface area contributed by atoms with Crippen LogP contribution in [0.1, 0.15) is 53.0 Å². The first-order valence-electron chi connectivity index (χ1n) is 9.77. The Morgan fingerprint density at radius 1 is 1.14 bits per heavy atom. The van der Waals surface area contributed by atoms with E-state index in [1.165, 1.54) is 23.4 Å². The SMILES string of the molecule is CC(C)n1c(SCC(=O)N2[C@H](C)CCC[C@H]2C)nc2c1c(=O)n(C)c(=O)n2C. The molecule has 0 spiro atoms. The zero-order valence-corrected chi connectivity index (χ0v) is 18.2. The van der Waals surface area contributed by atoms with Gasteiger partial charge in [-0.15, -0.1) is 0 Å². The van der Waals surface area contributed by atoms with Gasteiger partial charge in [0.25, 0.3) is 5.56 Å². The molecule has 2 atom stereocenters. The maximum absolute atomic E-state index is 12.9. The Bertz CT molecular complexity index is 1010. The molecule has 1 aliphatic rings. The van der Waals surface area contributed by atoms with Gasteiger partial charge in [-0.3, -0.25) is 18.7 Å². The van der Waals surface area contributed by atoms with Crippen LogP contribution in [0.2, 0.25) is 0 Å². The fourth-order valence-corrected chi connectivity index (χ4v) is 5.08. The number of hydrogen-bond acceptors (Lipinski definition) is 5. The van der Waals surface area contributed by atoms with Crippen molar-refractivity contribution in [3.8, 4) is 0 Å². The highest BCUT2D eigenvalue weighted by atomic mass is 32.2. The summed E-state index contributed by atoms with van der Waals surface area (Å²) in [5.41, 5.74) is -0.0176. The van der Waals surface area contributed by atoms with Crippen molar-refractivity contribution >= 4 is 28.8 Å². The van der Waals surface area contributed by atoms with Crippen molar-refractivity contribution in [1.82, 2.24) is 23.6 Å². The summed E-state index contributed by atoms with van der Waals surface area (Å²) in [5.74, 6) is 0.354. The van der Waals surface area contributed by atoms with E-state index < -0.39 is 5.69 Å². The van der Waals surface area contributed by atoms with Gasteiger partial charge in [0.15, 0.2) is 16.3 Å². The molecule has 154 valence electrons. The molecule has 8 nitrogen and oxygen atoms in total. The summed E-state index contributed by atoms with van der Waals surface area (Å²) in [5, 5.41) is 0.592. The number of hydrogen-bond donors (Lipinski definition) is 0. The quantitative estimate of drug-likeness (QED) is 0.723. The molecule has 3 heterocycles. The number of carbonyl (C=O) groups is 1. The average Bonchev–Trinajstić information content (AvgIpc) is 3.03. The molecular formula is C19H29N5O3S. The molecule has 0 saturated carbocycles. The third-order valence-electron chi connectivity index (χ3n) is 5.58. The first kappa shape index (κ1) is 20.7. The minimum absolute atomic E-state index is 0.0272. The number of rotatable bonds is 4. The third-order valence-corrected chi connectivity index (χ3v) is 6.52. The van der Waals surface area contributed by atoms with Crippen molar-refractivity contribution < 1.29 is 4.79 Å². The normalized spacial score (nSPS) is 20.3. The lowest BCUT2D eigenvalue weighted by atomic mass is 9.98. The van der Waals surface area contributed by atoms with Crippen LogP contribution in [0.5, 0.6) is 0 Å². The number of likely N-dealkylation sites (tertiary alicyclic amines) is 1. The summed E-state index contributed by atoms with van der Waals surface area (Å²) >= 11 is 1.33. The zero-order chi connectivity index (χ0) is 20.7. The fraction of sp³-hybridized carbons (Fsp3) is 0.684. The van der Waals surface area contributed by atoms with Crippen LogP contribution >= 0.6 is 11.8 Å². The van der Waals surface area contributed by atoms with E-state index in [9.17, 15) is 14.4 Å². The van der Waals surface area contributed by atoms with Gasteiger partial charge in [-0.1, -0.05) is 11.8 Å². The molecule has 2 aromatic heterocycles. The highest BCUT2D eigenvalue weighted by Crippen LogP contribution is 2.28. The summed E-state index contributed by atoms with van der Waals surface area (Å²) in [6.45, 7) is 8.13. The van der Waals surface area contributed by atoms with E-state index >= 15 is 0 Å². The van der Waals surface area contributed by atoms with E-state index in [2.05, 4.69) is 18.8 Å². The van der Waals surface area contributed by atoms with Crippen LogP contribution in [0.4, 0.5) is 0 Å². The molecule has 28 heavy (non-hydrogen) atoms. The molecular weight excluding hydrogens is 378 g/mol. The molecule has 1 aliphatic heterocycles. The molecule has 1 amide bonds. The summed E-state index contributed by atoms with van der Waals surface area (Å²) in [7, 11) is 3.08. The van der Waals surface area contributed by atoms with Crippen molar-refractivity contribution in [2.45, 2.75) is 70.2 Å². The second kappa shape index (κ2) is 7.77. The largest absolute Gasteiger partial charge is 0.337 e. The number of thioether (sulfide) groups is 1. The zero-order valence-electron chi connectivity index (χ0n) is 17.4. The molecule has 0 radical (unpaired) electrons. The molecule has 1 fully saturated rings. The van der Waals surface area contributed by atoms with E-state index in [-0.39, 0.29) is 35.3 Å². The molecule has 3 rings (SSSR count). The van der Waals surface area contributed by atoms with E-state index in [4.69, 9.17) is 0 Å². The van der Waals surface area contributed by atoms with Gasteiger partial charge >= 0.3 is 5.69 Å². The highest BCUT2D eigenvalue weighted by molar-refractivity contribution is 7.99. The Kier molecular flexibility index (Phi) is 5.74. The van der Waals surface area contributed by atoms with E-state index in [0.29, 0.717) is 16.3 Å².